The number of thioether (sulfide) groups is 1. The number of carbonyl (C=O) groups excluding carboxylic acids is 2. The van der Waals surface area contributed by atoms with E-state index in [0.717, 1.165) is 16.5 Å². The molecular formula is C17H15N3O2S2. The molecule has 7 heteroatoms. The summed E-state index contributed by atoms with van der Waals surface area (Å²) in [6.45, 7) is 4.13. The fourth-order valence-electron chi connectivity index (χ4n) is 2.62. The highest BCUT2D eigenvalue weighted by Crippen LogP contribution is 2.34. The second-order valence-electron chi connectivity index (χ2n) is 5.28. The smallest absolute Gasteiger partial charge is 0.266 e. The van der Waals surface area contributed by atoms with Gasteiger partial charge in [-0.3, -0.25) is 14.5 Å². The minimum atomic E-state index is -0.417. The Morgan fingerprint density at radius 1 is 1.38 bits per heavy atom. The molecule has 2 N–H and O–H groups in total. The van der Waals surface area contributed by atoms with Crippen LogP contribution in [0.1, 0.15) is 5.56 Å². The molecule has 1 saturated heterocycles. The number of thiocarbonyl (C=S) groups is 1. The quantitative estimate of drug-likeness (QED) is 0.507. The number of hydrogen-bond donors (Lipinski definition) is 1. The summed E-state index contributed by atoms with van der Waals surface area (Å²) in [6, 6.07) is 7.67. The van der Waals surface area contributed by atoms with E-state index in [1.54, 1.807) is 10.6 Å². The summed E-state index contributed by atoms with van der Waals surface area (Å²) < 4.78 is 2.31. The van der Waals surface area contributed by atoms with Crippen molar-refractivity contribution in [3.8, 4) is 0 Å². The molecule has 24 heavy (non-hydrogen) atoms. The molecule has 2 amide bonds. The van der Waals surface area contributed by atoms with Crippen LogP contribution in [-0.4, -0.2) is 32.1 Å². The standard InChI is InChI=1S/C17H15N3O2S2/c1-2-7-20-16(22)14(24-17(20)23)8-11-9-19(10-15(18)21)13-6-4-3-5-12(11)13/h2-6,8-9H,1,7,10H2,(H2,18,21)/b14-8+. The summed E-state index contributed by atoms with van der Waals surface area (Å²) in [6.07, 6.45) is 5.28. The van der Waals surface area contributed by atoms with Gasteiger partial charge in [0.15, 0.2) is 0 Å². The van der Waals surface area contributed by atoms with Crippen LogP contribution in [0.4, 0.5) is 0 Å². The van der Waals surface area contributed by atoms with Gasteiger partial charge in [-0.15, -0.1) is 6.58 Å². The topological polar surface area (TPSA) is 68.3 Å². The van der Waals surface area contributed by atoms with Crippen molar-refractivity contribution >= 4 is 57.1 Å². The maximum atomic E-state index is 12.5. The Hall–Kier alpha value is -2.38. The highest BCUT2D eigenvalue weighted by Gasteiger charge is 2.31. The SMILES string of the molecule is C=CCN1C(=O)/C(=C\c2cn(CC(N)=O)c3ccccc23)SC1=S. The molecule has 5 nitrogen and oxygen atoms in total. The molecule has 3 rings (SSSR count). The second-order valence-corrected chi connectivity index (χ2v) is 6.95. The van der Waals surface area contributed by atoms with Gasteiger partial charge >= 0.3 is 0 Å². The molecule has 0 bridgehead atoms. The number of benzene rings is 1. The summed E-state index contributed by atoms with van der Waals surface area (Å²) >= 11 is 6.52. The molecule has 0 radical (unpaired) electrons. The molecule has 1 aromatic heterocycles. The summed E-state index contributed by atoms with van der Waals surface area (Å²) in [5.41, 5.74) is 7.06. The predicted molar refractivity (Wildman–Crippen MR) is 101 cm³/mol. The van der Waals surface area contributed by atoms with Crippen molar-refractivity contribution in [2.24, 2.45) is 5.73 Å². The van der Waals surface area contributed by atoms with E-state index in [0.29, 0.717) is 15.8 Å². The van der Waals surface area contributed by atoms with Gasteiger partial charge in [-0.2, -0.15) is 0 Å². The summed E-state index contributed by atoms with van der Waals surface area (Å²) in [7, 11) is 0. The minimum Gasteiger partial charge on any atom is -0.368 e. The van der Waals surface area contributed by atoms with E-state index in [1.165, 1.54) is 16.7 Å². The lowest BCUT2D eigenvalue weighted by Gasteiger charge is -2.10. The van der Waals surface area contributed by atoms with E-state index < -0.39 is 5.91 Å². The van der Waals surface area contributed by atoms with Gasteiger partial charge in [-0.05, 0) is 12.1 Å². The fourth-order valence-corrected chi connectivity index (χ4v) is 3.88. The van der Waals surface area contributed by atoms with Gasteiger partial charge in [0.25, 0.3) is 5.91 Å². The first-order valence-electron chi connectivity index (χ1n) is 7.23. The van der Waals surface area contributed by atoms with Crippen LogP contribution in [0, 0.1) is 0 Å². The lowest BCUT2D eigenvalue weighted by Crippen LogP contribution is -2.27. The Morgan fingerprint density at radius 2 is 2.12 bits per heavy atom. The number of primary amides is 1. The van der Waals surface area contributed by atoms with Gasteiger partial charge in [0.05, 0.1) is 4.91 Å². The van der Waals surface area contributed by atoms with Crippen molar-refractivity contribution in [2.75, 3.05) is 6.54 Å². The Kier molecular flexibility index (Phi) is 4.55. The number of nitrogens with two attached hydrogens (primary N) is 1. The van der Waals surface area contributed by atoms with Crippen molar-refractivity contribution in [3.05, 3.63) is 53.6 Å². The Balaban J connectivity index is 2.04. The number of amides is 2. The number of aromatic nitrogens is 1. The molecule has 0 unspecified atom stereocenters. The minimum absolute atomic E-state index is 0.0891. The average Bonchev–Trinajstić information content (AvgIpc) is 3.01. The second kappa shape index (κ2) is 6.62. The normalized spacial score (nSPS) is 16.3. The number of rotatable bonds is 5. The van der Waals surface area contributed by atoms with Gasteiger partial charge in [0, 0.05) is 29.2 Å². The third-order valence-electron chi connectivity index (χ3n) is 3.62. The maximum Gasteiger partial charge on any atom is 0.266 e. The fraction of sp³-hybridized carbons (Fsp3) is 0.118. The largest absolute Gasteiger partial charge is 0.368 e. The van der Waals surface area contributed by atoms with Gasteiger partial charge in [0.2, 0.25) is 5.91 Å². The Labute approximate surface area is 148 Å². The van der Waals surface area contributed by atoms with Crippen molar-refractivity contribution in [3.63, 3.8) is 0 Å². The summed E-state index contributed by atoms with van der Waals surface area (Å²) in [5, 5.41) is 0.952. The van der Waals surface area contributed by atoms with E-state index in [2.05, 4.69) is 6.58 Å². The number of fused-ring (bicyclic) bond motifs is 1. The van der Waals surface area contributed by atoms with Gasteiger partial charge < -0.3 is 10.3 Å². The number of carbonyl (C=O) groups is 2. The van der Waals surface area contributed by atoms with E-state index in [4.69, 9.17) is 18.0 Å². The third kappa shape index (κ3) is 3.00. The molecular weight excluding hydrogens is 342 g/mol. The van der Waals surface area contributed by atoms with Crippen molar-refractivity contribution in [1.82, 2.24) is 9.47 Å². The van der Waals surface area contributed by atoms with Crippen molar-refractivity contribution in [1.29, 1.82) is 0 Å². The third-order valence-corrected chi connectivity index (χ3v) is 5.00. The van der Waals surface area contributed by atoms with Crippen molar-refractivity contribution in [2.45, 2.75) is 6.54 Å². The lowest BCUT2D eigenvalue weighted by molar-refractivity contribution is -0.122. The number of nitrogens with zero attached hydrogens (tertiary/aromatic N) is 2. The summed E-state index contributed by atoms with van der Waals surface area (Å²) in [4.78, 5) is 25.8. The monoisotopic (exact) mass is 357 g/mol. The van der Waals surface area contributed by atoms with Gasteiger partial charge in [-0.1, -0.05) is 48.3 Å². The summed E-state index contributed by atoms with van der Waals surface area (Å²) in [5.74, 6) is -0.545. The molecule has 1 aliphatic heterocycles. The van der Waals surface area contributed by atoms with Crippen LogP contribution >= 0.6 is 24.0 Å². The van der Waals surface area contributed by atoms with E-state index in [9.17, 15) is 9.59 Å². The van der Waals surface area contributed by atoms with Crippen LogP contribution < -0.4 is 5.73 Å². The first-order chi connectivity index (χ1) is 11.5. The van der Waals surface area contributed by atoms with E-state index in [1.807, 2.05) is 36.5 Å². The first-order valence-corrected chi connectivity index (χ1v) is 8.46. The zero-order valence-electron chi connectivity index (χ0n) is 12.8. The molecule has 0 atom stereocenters. The Bertz CT molecular complexity index is 898. The van der Waals surface area contributed by atoms with Gasteiger partial charge in [0.1, 0.15) is 10.9 Å². The molecule has 0 spiro atoms. The Morgan fingerprint density at radius 3 is 2.83 bits per heavy atom. The molecule has 2 heterocycles. The van der Waals surface area contributed by atoms with E-state index in [-0.39, 0.29) is 12.5 Å². The highest BCUT2D eigenvalue weighted by molar-refractivity contribution is 8.26. The molecule has 1 aliphatic rings. The molecule has 1 aromatic carbocycles. The first kappa shape index (κ1) is 16.5. The molecule has 1 fully saturated rings. The van der Waals surface area contributed by atoms with Crippen molar-refractivity contribution < 1.29 is 9.59 Å². The lowest BCUT2D eigenvalue weighted by atomic mass is 10.1. The van der Waals surface area contributed by atoms with Crippen LogP contribution in [-0.2, 0) is 16.1 Å². The average molecular weight is 357 g/mol. The van der Waals surface area contributed by atoms with E-state index >= 15 is 0 Å². The molecule has 0 aliphatic carbocycles. The molecule has 122 valence electrons. The maximum absolute atomic E-state index is 12.5. The zero-order valence-corrected chi connectivity index (χ0v) is 14.4. The van der Waals surface area contributed by atoms with Crippen LogP contribution in [0.15, 0.2) is 48.0 Å². The predicted octanol–water partition coefficient (Wildman–Crippen LogP) is 2.51. The number of para-hydroxylation sites is 1. The van der Waals surface area contributed by atoms with Crippen LogP contribution in [0.5, 0.6) is 0 Å². The highest BCUT2D eigenvalue weighted by atomic mass is 32.2. The molecule has 0 saturated carbocycles. The van der Waals surface area contributed by atoms with Crippen LogP contribution in [0.25, 0.3) is 17.0 Å². The van der Waals surface area contributed by atoms with Crippen LogP contribution in [0.3, 0.4) is 0 Å². The zero-order chi connectivity index (χ0) is 17.3. The van der Waals surface area contributed by atoms with Crippen LogP contribution in [0.2, 0.25) is 0 Å². The number of hydrogen-bond acceptors (Lipinski definition) is 4. The molecule has 2 aromatic rings. The van der Waals surface area contributed by atoms with Gasteiger partial charge in [-0.25, -0.2) is 0 Å².